The molecule has 0 saturated heterocycles. The number of nitrogens with zero attached hydrogens (tertiary/aromatic N) is 2. The molecular weight excluding hydrogens is 280 g/mol. The molecule has 0 bridgehead atoms. The molecule has 2 aromatic rings. The molecule has 1 N–H and O–H groups in total. The number of carboxylic acids is 1. The second-order valence-corrected chi connectivity index (χ2v) is 4.83. The molecular formula is C17H14N2O3. The fourth-order valence-corrected chi connectivity index (χ4v) is 2.69. The minimum Gasteiger partial charge on any atom is -0.479 e. The molecule has 5 heteroatoms. The van der Waals surface area contributed by atoms with Gasteiger partial charge in [-0.1, -0.05) is 60.7 Å². The molecule has 0 amide bonds. The summed E-state index contributed by atoms with van der Waals surface area (Å²) in [6.45, 7) is 0. The summed E-state index contributed by atoms with van der Waals surface area (Å²) >= 11 is 0. The number of aliphatic carboxylic acids is 1. The van der Waals surface area contributed by atoms with Crippen LogP contribution in [0.4, 0.5) is 0 Å². The van der Waals surface area contributed by atoms with Crippen molar-refractivity contribution in [3.05, 3.63) is 83.2 Å². The zero-order valence-corrected chi connectivity index (χ0v) is 11.9. The minimum absolute atomic E-state index is 0.0207. The van der Waals surface area contributed by atoms with Crippen LogP contribution in [-0.4, -0.2) is 18.2 Å². The third kappa shape index (κ3) is 1.98. The summed E-state index contributed by atoms with van der Waals surface area (Å²) < 4.78 is 5.12. The number of hydrogen-bond donors (Lipinski definition) is 1. The first-order valence-corrected chi connectivity index (χ1v) is 6.76. The van der Waals surface area contributed by atoms with Crippen molar-refractivity contribution in [1.29, 1.82) is 0 Å². The fourth-order valence-electron chi connectivity index (χ4n) is 2.69. The first-order valence-electron chi connectivity index (χ1n) is 6.76. The second kappa shape index (κ2) is 5.44. The quantitative estimate of drug-likeness (QED) is 0.940. The van der Waals surface area contributed by atoms with Gasteiger partial charge < -0.3 is 9.84 Å². The lowest BCUT2D eigenvalue weighted by Gasteiger charge is -2.27. The molecule has 1 aliphatic heterocycles. The van der Waals surface area contributed by atoms with Gasteiger partial charge in [0, 0.05) is 0 Å². The number of azo groups is 1. The van der Waals surface area contributed by atoms with E-state index in [-0.39, 0.29) is 11.5 Å². The number of carboxylic acid groups (broad SMARTS) is 1. The van der Waals surface area contributed by atoms with Crippen LogP contribution in [0.25, 0.3) is 0 Å². The van der Waals surface area contributed by atoms with Gasteiger partial charge in [0.15, 0.2) is 5.54 Å². The molecule has 0 unspecified atom stereocenters. The number of methoxy groups -OCH3 is 1. The van der Waals surface area contributed by atoms with Crippen molar-refractivity contribution in [2.75, 3.05) is 7.11 Å². The Hall–Kier alpha value is -2.95. The van der Waals surface area contributed by atoms with Gasteiger partial charge in [0.25, 0.3) is 0 Å². The largest absolute Gasteiger partial charge is 0.479 e. The summed E-state index contributed by atoms with van der Waals surface area (Å²) in [5.74, 6) is -1.07. The molecule has 0 fully saturated rings. The number of benzene rings is 2. The van der Waals surface area contributed by atoms with Crippen LogP contribution in [0.5, 0.6) is 0 Å². The van der Waals surface area contributed by atoms with Crippen LogP contribution in [0.3, 0.4) is 0 Å². The highest BCUT2D eigenvalue weighted by atomic mass is 16.5. The molecule has 110 valence electrons. The van der Waals surface area contributed by atoms with Gasteiger partial charge in [-0.05, 0) is 11.1 Å². The predicted octanol–water partition coefficient (Wildman–Crippen LogP) is 3.34. The molecule has 0 radical (unpaired) electrons. The monoisotopic (exact) mass is 294 g/mol. The minimum atomic E-state index is -1.19. The molecule has 2 aromatic carbocycles. The molecule has 3 rings (SSSR count). The summed E-state index contributed by atoms with van der Waals surface area (Å²) in [7, 11) is 1.39. The van der Waals surface area contributed by atoms with Crippen molar-refractivity contribution in [2.24, 2.45) is 10.2 Å². The predicted molar refractivity (Wildman–Crippen MR) is 80.2 cm³/mol. The smallest absolute Gasteiger partial charge is 0.340 e. The molecule has 1 aliphatic rings. The van der Waals surface area contributed by atoms with Crippen LogP contribution >= 0.6 is 0 Å². The van der Waals surface area contributed by atoms with E-state index in [0.717, 1.165) is 11.1 Å². The standard InChI is InChI=1S/C17H14N2O3/c1-22-15-14(16(20)21)17(19-18-15,12-8-4-2-5-9-12)13-10-6-3-7-11-13/h2-11H,1H3,(H,20,21). The van der Waals surface area contributed by atoms with Crippen LogP contribution < -0.4 is 0 Å². The van der Waals surface area contributed by atoms with E-state index in [9.17, 15) is 9.90 Å². The van der Waals surface area contributed by atoms with Gasteiger partial charge >= 0.3 is 5.97 Å². The van der Waals surface area contributed by atoms with Gasteiger partial charge in [-0.2, -0.15) is 5.11 Å². The Kier molecular flexibility index (Phi) is 3.47. The van der Waals surface area contributed by atoms with E-state index in [1.807, 2.05) is 60.7 Å². The van der Waals surface area contributed by atoms with E-state index >= 15 is 0 Å². The van der Waals surface area contributed by atoms with Crippen molar-refractivity contribution in [3.8, 4) is 0 Å². The number of hydrogen-bond acceptors (Lipinski definition) is 4. The van der Waals surface area contributed by atoms with Crippen molar-refractivity contribution < 1.29 is 14.6 Å². The van der Waals surface area contributed by atoms with Gasteiger partial charge in [-0.15, -0.1) is 5.11 Å². The Morgan fingerprint density at radius 1 is 1.00 bits per heavy atom. The number of ether oxygens (including phenoxy) is 1. The Morgan fingerprint density at radius 2 is 1.50 bits per heavy atom. The number of carbonyl (C=O) groups is 1. The molecule has 1 heterocycles. The van der Waals surface area contributed by atoms with Gasteiger partial charge in [-0.25, -0.2) is 4.79 Å². The highest BCUT2D eigenvalue weighted by Gasteiger charge is 2.48. The summed E-state index contributed by atoms with van der Waals surface area (Å²) in [5.41, 5.74) is 0.288. The lowest BCUT2D eigenvalue weighted by molar-refractivity contribution is -0.133. The Bertz CT molecular complexity index is 712. The van der Waals surface area contributed by atoms with Gasteiger partial charge in [0.05, 0.1) is 7.11 Å². The molecule has 0 atom stereocenters. The Balaban J connectivity index is 2.34. The lowest BCUT2D eigenvalue weighted by atomic mass is 9.78. The fraction of sp³-hybridized carbons (Fsp3) is 0.118. The zero-order chi connectivity index (χ0) is 15.6. The van der Waals surface area contributed by atoms with Crippen LogP contribution in [0.2, 0.25) is 0 Å². The van der Waals surface area contributed by atoms with Crippen molar-refractivity contribution in [2.45, 2.75) is 5.54 Å². The highest BCUT2D eigenvalue weighted by molar-refractivity contribution is 5.92. The maximum atomic E-state index is 11.9. The van der Waals surface area contributed by atoms with Crippen molar-refractivity contribution in [3.63, 3.8) is 0 Å². The van der Waals surface area contributed by atoms with E-state index in [2.05, 4.69) is 10.2 Å². The molecule has 5 nitrogen and oxygen atoms in total. The van der Waals surface area contributed by atoms with Crippen molar-refractivity contribution in [1.82, 2.24) is 0 Å². The summed E-state index contributed by atoms with van der Waals surface area (Å²) in [6.07, 6.45) is 0. The van der Waals surface area contributed by atoms with Gasteiger partial charge in [0.1, 0.15) is 5.57 Å². The first-order chi connectivity index (χ1) is 10.7. The molecule has 22 heavy (non-hydrogen) atoms. The Labute approximate surface area is 127 Å². The molecule has 0 aromatic heterocycles. The van der Waals surface area contributed by atoms with E-state index in [0.29, 0.717) is 0 Å². The first kappa shape index (κ1) is 14.0. The summed E-state index contributed by atoms with van der Waals surface area (Å²) in [5, 5.41) is 18.0. The maximum Gasteiger partial charge on any atom is 0.340 e. The average Bonchev–Trinajstić information content (AvgIpc) is 2.97. The summed E-state index contributed by atoms with van der Waals surface area (Å²) in [6, 6.07) is 18.5. The second-order valence-electron chi connectivity index (χ2n) is 4.83. The van der Waals surface area contributed by atoms with Crippen LogP contribution in [0.15, 0.2) is 82.3 Å². The van der Waals surface area contributed by atoms with Crippen LogP contribution in [0.1, 0.15) is 11.1 Å². The molecule has 0 aliphatic carbocycles. The SMILES string of the molecule is COC1=C(C(=O)O)C(c2ccccc2)(c2ccccc2)N=N1. The van der Waals surface area contributed by atoms with Crippen molar-refractivity contribution >= 4 is 5.97 Å². The maximum absolute atomic E-state index is 11.9. The summed E-state index contributed by atoms with van der Waals surface area (Å²) in [4.78, 5) is 11.9. The third-order valence-corrected chi connectivity index (χ3v) is 3.66. The normalized spacial score (nSPS) is 15.9. The topological polar surface area (TPSA) is 71.2 Å². The number of rotatable bonds is 4. The van der Waals surface area contributed by atoms with Crippen LogP contribution in [-0.2, 0) is 15.1 Å². The van der Waals surface area contributed by atoms with E-state index < -0.39 is 11.5 Å². The highest BCUT2D eigenvalue weighted by Crippen LogP contribution is 2.46. The van der Waals surface area contributed by atoms with E-state index in [4.69, 9.17) is 4.74 Å². The van der Waals surface area contributed by atoms with E-state index in [1.165, 1.54) is 7.11 Å². The van der Waals surface area contributed by atoms with Gasteiger partial charge in [-0.3, -0.25) is 0 Å². The molecule has 0 saturated carbocycles. The molecule has 0 spiro atoms. The average molecular weight is 294 g/mol. The lowest BCUT2D eigenvalue weighted by Crippen LogP contribution is -2.30. The van der Waals surface area contributed by atoms with E-state index in [1.54, 1.807) is 0 Å². The van der Waals surface area contributed by atoms with Gasteiger partial charge in [0.2, 0.25) is 5.88 Å². The van der Waals surface area contributed by atoms with Crippen LogP contribution in [0, 0.1) is 0 Å². The Morgan fingerprint density at radius 3 is 1.91 bits per heavy atom. The zero-order valence-electron chi connectivity index (χ0n) is 11.9. The third-order valence-electron chi connectivity index (χ3n) is 3.66.